The minimum Gasteiger partial charge on any atom is -0.406 e. The van der Waals surface area contributed by atoms with E-state index >= 15 is 0 Å². The summed E-state index contributed by atoms with van der Waals surface area (Å²) in [5.41, 5.74) is 8.45. The van der Waals surface area contributed by atoms with E-state index in [4.69, 9.17) is 5.10 Å². The van der Waals surface area contributed by atoms with Gasteiger partial charge in [-0.25, -0.2) is 4.98 Å². The first-order valence-electron chi connectivity index (χ1n) is 13.2. The number of fused-ring (bicyclic) bond motifs is 1. The minimum absolute atomic E-state index is 0.247. The number of aromatic amines is 1. The highest BCUT2D eigenvalue weighted by molar-refractivity contribution is 5.97. The van der Waals surface area contributed by atoms with Crippen molar-refractivity contribution in [1.82, 2.24) is 25.1 Å². The van der Waals surface area contributed by atoms with Crippen molar-refractivity contribution in [2.24, 2.45) is 0 Å². The highest BCUT2D eigenvalue weighted by atomic mass is 19.4. The van der Waals surface area contributed by atoms with E-state index in [1.807, 2.05) is 30.9 Å². The summed E-state index contributed by atoms with van der Waals surface area (Å²) in [7, 11) is 0. The molecule has 0 aliphatic carbocycles. The fraction of sp³-hybridized carbons (Fsp3) is 0.267. The Morgan fingerprint density at radius 3 is 2.50 bits per heavy atom. The molecule has 7 nitrogen and oxygen atoms in total. The van der Waals surface area contributed by atoms with Crippen molar-refractivity contribution < 1.29 is 17.9 Å². The number of halogens is 3. The van der Waals surface area contributed by atoms with E-state index in [9.17, 15) is 13.2 Å². The Morgan fingerprint density at radius 2 is 1.75 bits per heavy atom. The number of H-pyrrole nitrogens is 1. The highest BCUT2D eigenvalue weighted by Gasteiger charge is 2.31. The monoisotopic (exact) mass is 546 g/mol. The van der Waals surface area contributed by atoms with Crippen molar-refractivity contribution >= 4 is 16.7 Å². The van der Waals surface area contributed by atoms with Crippen LogP contribution in [0.5, 0.6) is 5.75 Å². The van der Waals surface area contributed by atoms with Crippen molar-refractivity contribution in [3.05, 3.63) is 83.9 Å². The number of aromatic nitrogens is 4. The van der Waals surface area contributed by atoms with Gasteiger partial charge in [0, 0.05) is 72.0 Å². The Hall–Kier alpha value is -4.31. The maximum Gasteiger partial charge on any atom is 0.573 e. The molecule has 40 heavy (non-hydrogen) atoms. The molecule has 3 aromatic heterocycles. The second-order valence-electron chi connectivity index (χ2n) is 10.0. The molecule has 0 spiro atoms. The quantitative estimate of drug-likeness (QED) is 0.271. The third kappa shape index (κ3) is 5.27. The Bertz CT molecular complexity index is 1650. The number of nitrogens with one attached hydrogen (secondary N) is 2. The van der Waals surface area contributed by atoms with Gasteiger partial charge in [0.2, 0.25) is 0 Å². The van der Waals surface area contributed by atoms with E-state index in [-0.39, 0.29) is 5.75 Å². The van der Waals surface area contributed by atoms with Crippen molar-refractivity contribution in [3.8, 4) is 28.0 Å². The van der Waals surface area contributed by atoms with Gasteiger partial charge in [0.25, 0.3) is 0 Å². The molecular weight excluding hydrogens is 517 g/mol. The zero-order valence-corrected chi connectivity index (χ0v) is 22.2. The number of rotatable bonds is 6. The molecule has 4 heterocycles. The van der Waals surface area contributed by atoms with Gasteiger partial charge in [0.1, 0.15) is 11.4 Å². The molecule has 206 valence electrons. The van der Waals surface area contributed by atoms with Gasteiger partial charge in [-0.05, 0) is 55.3 Å². The number of nitrogens with zero attached hydrogens (tertiary/aromatic N) is 4. The summed E-state index contributed by atoms with van der Waals surface area (Å²) >= 11 is 0. The molecule has 6 rings (SSSR count). The van der Waals surface area contributed by atoms with E-state index in [0.717, 1.165) is 70.9 Å². The number of anilines is 1. The Labute approximate surface area is 229 Å². The van der Waals surface area contributed by atoms with E-state index in [0.29, 0.717) is 12.1 Å². The maximum atomic E-state index is 12.7. The van der Waals surface area contributed by atoms with Gasteiger partial charge in [-0.15, -0.1) is 13.2 Å². The molecule has 1 aliphatic heterocycles. The van der Waals surface area contributed by atoms with Gasteiger partial charge in [-0.1, -0.05) is 24.3 Å². The Balaban J connectivity index is 1.29. The molecular formula is C30H29F3N6O. The number of ether oxygens (including phenoxy) is 1. The molecule has 0 radical (unpaired) electrons. The zero-order valence-electron chi connectivity index (χ0n) is 22.2. The predicted molar refractivity (Wildman–Crippen MR) is 150 cm³/mol. The summed E-state index contributed by atoms with van der Waals surface area (Å²) in [6, 6.07) is 16.7. The summed E-state index contributed by atoms with van der Waals surface area (Å²) in [4.78, 5) is 10.3. The van der Waals surface area contributed by atoms with Crippen molar-refractivity contribution in [2.45, 2.75) is 26.8 Å². The Morgan fingerprint density at radius 1 is 0.975 bits per heavy atom. The summed E-state index contributed by atoms with van der Waals surface area (Å²) in [6.07, 6.45) is -0.922. The average molecular weight is 547 g/mol. The lowest BCUT2D eigenvalue weighted by molar-refractivity contribution is -0.274. The molecule has 0 atom stereocenters. The normalized spacial score (nSPS) is 14.2. The van der Waals surface area contributed by atoms with Crippen LogP contribution in [0.4, 0.5) is 18.9 Å². The topological polar surface area (TPSA) is 71.0 Å². The SMILES string of the molecule is Cc1nn(Cc2cccc(OC(F)(F)F)c2)c(C)c1-c1c[nH]c2ncc(-c3ccc(N4CCNCC4)cc3)cc12. The second-order valence-corrected chi connectivity index (χ2v) is 10.0. The van der Waals surface area contributed by atoms with Gasteiger partial charge in [-0.3, -0.25) is 4.68 Å². The van der Waals surface area contributed by atoms with Gasteiger partial charge in [-0.2, -0.15) is 5.10 Å². The molecule has 1 fully saturated rings. The van der Waals surface area contributed by atoms with E-state index in [1.54, 1.807) is 12.1 Å². The Kier molecular flexibility index (Phi) is 6.71. The molecule has 2 aromatic carbocycles. The first-order valence-corrected chi connectivity index (χ1v) is 13.2. The van der Waals surface area contributed by atoms with Crippen molar-refractivity contribution in [1.29, 1.82) is 0 Å². The molecule has 10 heteroatoms. The van der Waals surface area contributed by atoms with Crippen molar-refractivity contribution in [3.63, 3.8) is 0 Å². The smallest absolute Gasteiger partial charge is 0.406 e. The number of hydrogen-bond acceptors (Lipinski definition) is 5. The van der Waals surface area contributed by atoms with Crippen LogP contribution in [0.2, 0.25) is 0 Å². The second kappa shape index (κ2) is 10.3. The third-order valence-electron chi connectivity index (χ3n) is 7.33. The molecule has 5 aromatic rings. The van der Waals surface area contributed by atoms with Crippen molar-refractivity contribution in [2.75, 3.05) is 31.1 Å². The van der Waals surface area contributed by atoms with Gasteiger partial charge < -0.3 is 19.9 Å². The zero-order chi connectivity index (χ0) is 27.9. The summed E-state index contributed by atoms with van der Waals surface area (Å²) in [5, 5.41) is 9.08. The van der Waals surface area contributed by atoms with E-state index in [1.165, 1.54) is 17.8 Å². The van der Waals surface area contributed by atoms with E-state index < -0.39 is 6.36 Å². The number of alkyl halides is 3. The number of benzene rings is 2. The first-order chi connectivity index (χ1) is 19.2. The van der Waals surface area contributed by atoms with Crippen LogP contribution in [0, 0.1) is 13.8 Å². The highest BCUT2D eigenvalue weighted by Crippen LogP contribution is 2.35. The molecule has 0 saturated carbocycles. The van der Waals surface area contributed by atoms with Crippen LogP contribution in [0.3, 0.4) is 0 Å². The van der Waals surface area contributed by atoms with Crippen LogP contribution in [0.15, 0.2) is 67.0 Å². The molecule has 0 bridgehead atoms. The van der Waals surface area contributed by atoms with Crippen LogP contribution in [0.1, 0.15) is 17.0 Å². The number of aryl methyl sites for hydroxylation is 1. The fourth-order valence-electron chi connectivity index (χ4n) is 5.41. The average Bonchev–Trinajstić information content (AvgIpc) is 3.47. The third-order valence-corrected chi connectivity index (χ3v) is 7.33. The summed E-state index contributed by atoms with van der Waals surface area (Å²) < 4.78 is 43.9. The molecule has 1 aliphatic rings. The van der Waals surface area contributed by atoms with Gasteiger partial charge in [0.05, 0.1) is 12.2 Å². The molecule has 2 N–H and O–H groups in total. The number of pyridine rings is 1. The fourth-order valence-corrected chi connectivity index (χ4v) is 5.41. The number of hydrogen-bond donors (Lipinski definition) is 2. The lowest BCUT2D eigenvalue weighted by Crippen LogP contribution is -2.43. The molecule has 1 saturated heterocycles. The predicted octanol–water partition coefficient (Wildman–Crippen LogP) is 6.07. The molecule has 0 unspecified atom stereocenters. The summed E-state index contributed by atoms with van der Waals surface area (Å²) in [5.74, 6) is -0.247. The van der Waals surface area contributed by atoms with Crippen LogP contribution < -0.4 is 15.0 Å². The lowest BCUT2D eigenvalue weighted by atomic mass is 10.0. The first kappa shape index (κ1) is 25.9. The van der Waals surface area contributed by atoms with Crippen LogP contribution >= 0.6 is 0 Å². The number of piperazine rings is 1. The standard InChI is InChI=1S/C30H29F3N6O/c1-19-28(20(2)39(37-19)18-21-4-3-5-25(14-21)40-30(31,32)33)27-17-36-29-26(27)15-23(16-35-29)22-6-8-24(9-7-22)38-12-10-34-11-13-38/h3-9,14-17,34H,10-13,18H2,1-2H3,(H,35,36). The van der Waals surface area contributed by atoms with Gasteiger partial charge in [0.15, 0.2) is 0 Å². The summed E-state index contributed by atoms with van der Waals surface area (Å²) in [6.45, 7) is 8.20. The lowest BCUT2D eigenvalue weighted by Gasteiger charge is -2.29. The van der Waals surface area contributed by atoms with Gasteiger partial charge >= 0.3 is 6.36 Å². The largest absolute Gasteiger partial charge is 0.573 e. The minimum atomic E-state index is -4.74. The molecule has 0 amide bonds. The van der Waals surface area contributed by atoms with Crippen LogP contribution in [-0.4, -0.2) is 52.3 Å². The van der Waals surface area contributed by atoms with Crippen LogP contribution in [-0.2, 0) is 6.54 Å². The maximum absolute atomic E-state index is 12.7. The van der Waals surface area contributed by atoms with Crippen LogP contribution in [0.25, 0.3) is 33.3 Å². The van der Waals surface area contributed by atoms with E-state index in [2.05, 4.69) is 55.3 Å².